The molecule has 0 saturated heterocycles. The summed E-state index contributed by atoms with van der Waals surface area (Å²) in [5.41, 5.74) is 1.13. The fraction of sp³-hybridized carbons (Fsp3) is 0.188. The van der Waals surface area contributed by atoms with Gasteiger partial charge < -0.3 is 4.42 Å². The third-order valence-electron chi connectivity index (χ3n) is 3.26. The van der Waals surface area contributed by atoms with Crippen molar-refractivity contribution in [1.82, 2.24) is 9.66 Å². The molecule has 0 amide bonds. The van der Waals surface area contributed by atoms with Crippen LogP contribution in [0.5, 0.6) is 0 Å². The van der Waals surface area contributed by atoms with Gasteiger partial charge in [0.05, 0.1) is 10.9 Å². The monoisotopic (exact) mass is 281 g/mol. The molecule has 0 bridgehead atoms. The molecule has 106 valence electrons. The van der Waals surface area contributed by atoms with E-state index in [1.165, 1.54) is 4.68 Å². The van der Waals surface area contributed by atoms with Crippen LogP contribution in [0.4, 0.5) is 0 Å². The lowest BCUT2D eigenvalue weighted by molar-refractivity contribution is 0.524. The van der Waals surface area contributed by atoms with Crippen LogP contribution in [0.15, 0.2) is 50.7 Å². The summed E-state index contributed by atoms with van der Waals surface area (Å²) in [4.78, 5) is 16.9. The smallest absolute Gasteiger partial charge is 0.282 e. The van der Waals surface area contributed by atoms with Gasteiger partial charge in [0.2, 0.25) is 0 Å². The second-order valence-electron chi connectivity index (χ2n) is 4.89. The van der Waals surface area contributed by atoms with Gasteiger partial charge in [0.1, 0.15) is 23.1 Å². The Kier molecular flexibility index (Phi) is 3.17. The third-order valence-corrected chi connectivity index (χ3v) is 3.26. The van der Waals surface area contributed by atoms with E-state index in [0.29, 0.717) is 28.2 Å². The largest absolute Gasteiger partial charge is 0.460 e. The molecule has 21 heavy (non-hydrogen) atoms. The first-order valence-corrected chi connectivity index (χ1v) is 6.67. The number of nitrogens with zero attached hydrogens (tertiary/aromatic N) is 3. The van der Waals surface area contributed by atoms with E-state index in [1.54, 1.807) is 19.9 Å². The average molecular weight is 281 g/mol. The van der Waals surface area contributed by atoms with Crippen LogP contribution in [0.25, 0.3) is 10.9 Å². The molecule has 0 atom stereocenters. The molecule has 0 aliphatic carbocycles. The Bertz CT molecular complexity index is 903. The van der Waals surface area contributed by atoms with Crippen LogP contribution in [0.3, 0.4) is 0 Å². The molecule has 5 nitrogen and oxygen atoms in total. The summed E-state index contributed by atoms with van der Waals surface area (Å²) in [7, 11) is 0. The van der Waals surface area contributed by atoms with Crippen LogP contribution in [0.2, 0.25) is 0 Å². The number of hydrogen-bond acceptors (Lipinski definition) is 4. The molecule has 0 spiro atoms. The lowest BCUT2D eigenvalue weighted by Gasteiger charge is -2.06. The maximum atomic E-state index is 12.5. The predicted molar refractivity (Wildman–Crippen MR) is 81.8 cm³/mol. The lowest BCUT2D eigenvalue weighted by atomic mass is 10.2. The van der Waals surface area contributed by atoms with E-state index >= 15 is 0 Å². The highest BCUT2D eigenvalue weighted by atomic mass is 16.3. The first kappa shape index (κ1) is 13.3. The van der Waals surface area contributed by atoms with Crippen LogP contribution in [-0.4, -0.2) is 15.4 Å². The van der Waals surface area contributed by atoms with Crippen molar-refractivity contribution in [1.29, 1.82) is 0 Å². The summed E-state index contributed by atoms with van der Waals surface area (Å²) in [6.45, 7) is 5.43. The number of aromatic nitrogens is 2. The van der Waals surface area contributed by atoms with Crippen molar-refractivity contribution in [2.75, 3.05) is 0 Å². The van der Waals surface area contributed by atoms with Gasteiger partial charge >= 0.3 is 0 Å². The second kappa shape index (κ2) is 5.01. The van der Waals surface area contributed by atoms with E-state index in [9.17, 15) is 4.79 Å². The van der Waals surface area contributed by atoms with E-state index in [2.05, 4.69) is 10.1 Å². The van der Waals surface area contributed by atoms with Crippen molar-refractivity contribution in [3.63, 3.8) is 0 Å². The van der Waals surface area contributed by atoms with E-state index in [1.807, 2.05) is 37.3 Å². The molecule has 2 heterocycles. The zero-order valence-electron chi connectivity index (χ0n) is 12.1. The molecule has 0 N–H and O–H groups in total. The van der Waals surface area contributed by atoms with Crippen molar-refractivity contribution < 1.29 is 4.42 Å². The molecule has 0 fully saturated rings. The van der Waals surface area contributed by atoms with Gasteiger partial charge in [-0.25, -0.2) is 4.98 Å². The van der Waals surface area contributed by atoms with E-state index in [-0.39, 0.29) is 5.56 Å². The van der Waals surface area contributed by atoms with Gasteiger partial charge in [-0.1, -0.05) is 12.1 Å². The summed E-state index contributed by atoms with van der Waals surface area (Å²) < 4.78 is 6.83. The SMILES string of the molecule is CC(=Nn1c(C)nc2ccccc2c1=O)c1ccc(C)o1. The third kappa shape index (κ3) is 2.38. The van der Waals surface area contributed by atoms with Gasteiger partial charge in [-0.3, -0.25) is 4.79 Å². The molecule has 1 aromatic carbocycles. The standard InChI is InChI=1S/C16H15N3O2/c1-10-8-9-15(21-10)11(2)18-19-12(3)17-14-7-5-4-6-13(14)16(19)20/h4-9H,1-3H3. The van der Waals surface area contributed by atoms with Crippen LogP contribution < -0.4 is 5.56 Å². The van der Waals surface area contributed by atoms with Crippen LogP contribution in [0, 0.1) is 13.8 Å². The molecule has 0 saturated carbocycles. The van der Waals surface area contributed by atoms with Crippen molar-refractivity contribution >= 4 is 16.6 Å². The van der Waals surface area contributed by atoms with Crippen molar-refractivity contribution in [2.24, 2.45) is 5.10 Å². The number of fused-ring (bicyclic) bond motifs is 1. The Morgan fingerprint density at radius 3 is 2.67 bits per heavy atom. The maximum absolute atomic E-state index is 12.5. The molecule has 0 unspecified atom stereocenters. The van der Waals surface area contributed by atoms with E-state index in [0.717, 1.165) is 5.76 Å². The molecule has 0 aliphatic heterocycles. The minimum Gasteiger partial charge on any atom is -0.460 e. The molecular weight excluding hydrogens is 266 g/mol. The van der Waals surface area contributed by atoms with Gasteiger partial charge in [-0.2, -0.15) is 9.78 Å². The molecule has 5 heteroatoms. The summed E-state index contributed by atoms with van der Waals surface area (Å²) in [6, 6.07) is 10.9. The first-order chi connectivity index (χ1) is 10.1. The fourth-order valence-corrected chi connectivity index (χ4v) is 2.18. The topological polar surface area (TPSA) is 60.4 Å². The number of hydrogen-bond donors (Lipinski definition) is 0. The van der Waals surface area contributed by atoms with Gasteiger partial charge in [0.25, 0.3) is 5.56 Å². The number of benzene rings is 1. The molecule has 0 aliphatic rings. The fourth-order valence-electron chi connectivity index (χ4n) is 2.18. The Balaban J connectivity index is 2.19. The molecule has 0 radical (unpaired) electrons. The number of aryl methyl sites for hydroxylation is 2. The zero-order valence-corrected chi connectivity index (χ0v) is 12.1. The highest BCUT2D eigenvalue weighted by Gasteiger charge is 2.09. The Morgan fingerprint density at radius 2 is 1.95 bits per heavy atom. The molecule has 2 aromatic heterocycles. The molecule has 3 rings (SSSR count). The van der Waals surface area contributed by atoms with E-state index < -0.39 is 0 Å². The zero-order chi connectivity index (χ0) is 15.0. The Hall–Kier alpha value is -2.69. The summed E-state index contributed by atoms with van der Waals surface area (Å²) in [5, 5.41) is 4.91. The highest BCUT2D eigenvalue weighted by molar-refractivity contribution is 5.96. The number of furan rings is 1. The normalized spacial score (nSPS) is 12.0. The number of para-hydroxylation sites is 1. The Labute approximate surface area is 121 Å². The minimum absolute atomic E-state index is 0.180. The lowest BCUT2D eigenvalue weighted by Crippen LogP contribution is -2.21. The average Bonchev–Trinajstić information content (AvgIpc) is 2.90. The van der Waals surface area contributed by atoms with Gasteiger partial charge in [0.15, 0.2) is 0 Å². The highest BCUT2D eigenvalue weighted by Crippen LogP contribution is 2.10. The number of rotatable bonds is 2. The quantitative estimate of drug-likeness (QED) is 0.679. The van der Waals surface area contributed by atoms with Crippen molar-refractivity contribution in [3.8, 4) is 0 Å². The summed E-state index contributed by atoms with van der Waals surface area (Å²) in [6.07, 6.45) is 0. The predicted octanol–water partition coefficient (Wildman–Crippen LogP) is 2.88. The second-order valence-corrected chi connectivity index (χ2v) is 4.89. The van der Waals surface area contributed by atoms with E-state index in [4.69, 9.17) is 4.42 Å². The minimum atomic E-state index is -0.180. The van der Waals surface area contributed by atoms with Crippen LogP contribution >= 0.6 is 0 Å². The van der Waals surface area contributed by atoms with Crippen molar-refractivity contribution in [2.45, 2.75) is 20.8 Å². The maximum Gasteiger partial charge on any atom is 0.282 e. The summed E-state index contributed by atoms with van der Waals surface area (Å²) >= 11 is 0. The van der Waals surface area contributed by atoms with Crippen LogP contribution in [-0.2, 0) is 0 Å². The van der Waals surface area contributed by atoms with Gasteiger partial charge in [-0.05, 0) is 45.0 Å². The molecular formula is C16H15N3O2. The van der Waals surface area contributed by atoms with Crippen molar-refractivity contribution in [3.05, 3.63) is 64.1 Å². The molecule has 3 aromatic rings. The van der Waals surface area contributed by atoms with Gasteiger partial charge in [-0.15, -0.1) is 0 Å². The Morgan fingerprint density at radius 1 is 1.19 bits per heavy atom. The van der Waals surface area contributed by atoms with Crippen LogP contribution in [0.1, 0.15) is 24.3 Å². The first-order valence-electron chi connectivity index (χ1n) is 6.67. The van der Waals surface area contributed by atoms with Gasteiger partial charge in [0, 0.05) is 0 Å². The summed E-state index contributed by atoms with van der Waals surface area (Å²) in [5.74, 6) is 1.99.